The van der Waals surface area contributed by atoms with Crippen molar-refractivity contribution in [1.82, 2.24) is 4.98 Å². The van der Waals surface area contributed by atoms with Crippen LogP contribution in [0.15, 0.2) is 22.9 Å². The van der Waals surface area contributed by atoms with Gasteiger partial charge in [0.15, 0.2) is 0 Å². The van der Waals surface area contributed by atoms with E-state index in [1.165, 1.54) is 12.1 Å². The van der Waals surface area contributed by atoms with Crippen molar-refractivity contribution in [2.75, 3.05) is 24.2 Å². The number of hydrogen-bond acceptors (Lipinski definition) is 3. The molecule has 1 unspecified atom stereocenters. The summed E-state index contributed by atoms with van der Waals surface area (Å²) in [5.41, 5.74) is 1.27. The Balaban J connectivity index is 2.13. The Morgan fingerprint density at radius 3 is 3.14 bits per heavy atom. The third-order valence-corrected chi connectivity index (χ3v) is 4.23. The number of thioether (sulfide) groups is 1. The molecule has 0 radical (unpaired) electrons. The van der Waals surface area contributed by atoms with Crippen LogP contribution in [0.2, 0.25) is 0 Å². The zero-order valence-corrected chi connectivity index (χ0v) is 10.5. The van der Waals surface area contributed by atoms with Crippen LogP contribution in [0.1, 0.15) is 6.42 Å². The SMILES string of the molecule is CSC1CCN(c2ccncc2Br)C1. The van der Waals surface area contributed by atoms with Crippen molar-refractivity contribution in [1.29, 1.82) is 0 Å². The Bertz CT molecular complexity index is 319. The van der Waals surface area contributed by atoms with Gasteiger partial charge >= 0.3 is 0 Å². The van der Waals surface area contributed by atoms with E-state index in [0.29, 0.717) is 0 Å². The molecule has 0 N–H and O–H groups in total. The lowest BCUT2D eigenvalue weighted by molar-refractivity contribution is 0.960. The minimum atomic E-state index is 0.787. The maximum Gasteiger partial charge on any atom is 0.0592 e. The van der Waals surface area contributed by atoms with Gasteiger partial charge in [0.25, 0.3) is 0 Å². The molecule has 2 heterocycles. The predicted octanol–water partition coefficient (Wildman–Crippen LogP) is 2.79. The summed E-state index contributed by atoms with van der Waals surface area (Å²) in [6.07, 6.45) is 7.19. The van der Waals surface area contributed by atoms with Crippen molar-refractivity contribution in [3.63, 3.8) is 0 Å². The molecule has 1 saturated heterocycles. The molecule has 1 aromatic rings. The van der Waals surface area contributed by atoms with Gasteiger partial charge in [0, 0.05) is 30.7 Å². The summed E-state index contributed by atoms with van der Waals surface area (Å²) in [6, 6.07) is 2.08. The molecule has 1 aliphatic rings. The van der Waals surface area contributed by atoms with E-state index in [-0.39, 0.29) is 0 Å². The molecule has 1 fully saturated rings. The lowest BCUT2D eigenvalue weighted by Crippen LogP contribution is -2.20. The minimum Gasteiger partial charge on any atom is -0.369 e. The summed E-state index contributed by atoms with van der Waals surface area (Å²) in [5.74, 6) is 0. The molecular weight excluding hydrogens is 260 g/mol. The molecule has 2 rings (SSSR count). The van der Waals surface area contributed by atoms with E-state index >= 15 is 0 Å². The van der Waals surface area contributed by atoms with Crippen molar-refractivity contribution in [2.24, 2.45) is 0 Å². The van der Waals surface area contributed by atoms with Crippen LogP contribution in [-0.2, 0) is 0 Å². The summed E-state index contributed by atoms with van der Waals surface area (Å²) >= 11 is 5.50. The molecule has 76 valence electrons. The molecule has 4 heteroatoms. The second kappa shape index (κ2) is 4.53. The van der Waals surface area contributed by atoms with E-state index in [9.17, 15) is 0 Å². The highest BCUT2D eigenvalue weighted by atomic mass is 79.9. The van der Waals surface area contributed by atoms with E-state index in [4.69, 9.17) is 0 Å². The van der Waals surface area contributed by atoms with Crippen LogP contribution in [0, 0.1) is 0 Å². The molecule has 2 nitrogen and oxygen atoms in total. The maximum atomic E-state index is 4.08. The molecule has 1 aliphatic heterocycles. The summed E-state index contributed by atoms with van der Waals surface area (Å²) in [5, 5.41) is 0.787. The highest BCUT2D eigenvalue weighted by Crippen LogP contribution is 2.30. The van der Waals surface area contributed by atoms with Crippen molar-refractivity contribution in [3.05, 3.63) is 22.9 Å². The van der Waals surface area contributed by atoms with Crippen molar-refractivity contribution >= 4 is 33.4 Å². The van der Waals surface area contributed by atoms with E-state index in [0.717, 1.165) is 22.8 Å². The Morgan fingerprint density at radius 1 is 1.64 bits per heavy atom. The molecule has 0 aliphatic carbocycles. The number of hydrogen-bond donors (Lipinski definition) is 0. The standard InChI is InChI=1S/C10H13BrN2S/c1-14-8-3-5-13(7-8)10-2-4-12-6-9(10)11/h2,4,6,8H,3,5,7H2,1H3. The van der Waals surface area contributed by atoms with Gasteiger partial charge in [-0.05, 0) is 34.7 Å². The predicted molar refractivity (Wildman–Crippen MR) is 66.1 cm³/mol. The molecule has 0 spiro atoms. The fraction of sp³-hybridized carbons (Fsp3) is 0.500. The number of rotatable bonds is 2. The Morgan fingerprint density at radius 2 is 2.50 bits per heavy atom. The molecular formula is C10H13BrN2S. The van der Waals surface area contributed by atoms with E-state index in [1.54, 1.807) is 0 Å². The summed E-state index contributed by atoms with van der Waals surface area (Å²) in [4.78, 5) is 6.50. The number of halogens is 1. The molecule has 1 aromatic heterocycles. The second-order valence-electron chi connectivity index (χ2n) is 3.42. The Labute approximate surface area is 97.2 Å². The lowest BCUT2D eigenvalue weighted by atomic mass is 10.4. The number of nitrogens with zero attached hydrogens (tertiary/aromatic N) is 2. The van der Waals surface area contributed by atoms with Gasteiger partial charge in [-0.25, -0.2) is 0 Å². The summed E-state index contributed by atoms with van der Waals surface area (Å²) < 4.78 is 1.10. The number of aromatic nitrogens is 1. The lowest BCUT2D eigenvalue weighted by Gasteiger charge is -2.19. The third kappa shape index (κ3) is 2.06. The van der Waals surface area contributed by atoms with Crippen LogP contribution >= 0.6 is 27.7 Å². The van der Waals surface area contributed by atoms with Crippen molar-refractivity contribution in [2.45, 2.75) is 11.7 Å². The first-order chi connectivity index (χ1) is 6.81. The fourth-order valence-corrected chi connectivity index (χ4v) is 2.93. The van der Waals surface area contributed by atoms with Crippen LogP contribution in [0.25, 0.3) is 0 Å². The largest absolute Gasteiger partial charge is 0.369 e. The Hall–Kier alpha value is -0.220. The number of anilines is 1. The quantitative estimate of drug-likeness (QED) is 0.824. The zero-order chi connectivity index (χ0) is 9.97. The molecule has 14 heavy (non-hydrogen) atoms. The zero-order valence-electron chi connectivity index (χ0n) is 8.11. The number of pyridine rings is 1. The Kier molecular flexibility index (Phi) is 3.34. The van der Waals surface area contributed by atoms with E-state index in [1.807, 2.05) is 24.2 Å². The van der Waals surface area contributed by atoms with E-state index < -0.39 is 0 Å². The van der Waals surface area contributed by atoms with Crippen molar-refractivity contribution in [3.8, 4) is 0 Å². The van der Waals surface area contributed by atoms with Crippen LogP contribution in [0.5, 0.6) is 0 Å². The first kappa shape index (κ1) is 10.3. The summed E-state index contributed by atoms with van der Waals surface area (Å²) in [6.45, 7) is 2.32. The monoisotopic (exact) mass is 272 g/mol. The fourth-order valence-electron chi connectivity index (χ4n) is 1.76. The van der Waals surface area contributed by atoms with Gasteiger partial charge in [-0.2, -0.15) is 11.8 Å². The first-order valence-corrected chi connectivity index (χ1v) is 6.76. The van der Waals surface area contributed by atoms with Gasteiger partial charge in [-0.1, -0.05) is 0 Å². The molecule has 0 aromatic carbocycles. The first-order valence-electron chi connectivity index (χ1n) is 4.68. The van der Waals surface area contributed by atoms with Gasteiger partial charge in [0.1, 0.15) is 0 Å². The maximum absolute atomic E-state index is 4.08. The topological polar surface area (TPSA) is 16.1 Å². The minimum absolute atomic E-state index is 0.787. The van der Waals surface area contributed by atoms with Gasteiger partial charge in [-0.3, -0.25) is 4.98 Å². The highest BCUT2D eigenvalue weighted by Gasteiger charge is 2.22. The second-order valence-corrected chi connectivity index (χ2v) is 5.41. The van der Waals surface area contributed by atoms with Crippen LogP contribution in [0.4, 0.5) is 5.69 Å². The smallest absolute Gasteiger partial charge is 0.0592 e. The van der Waals surface area contributed by atoms with Gasteiger partial charge < -0.3 is 4.90 Å². The average molecular weight is 273 g/mol. The molecule has 0 saturated carbocycles. The summed E-state index contributed by atoms with van der Waals surface area (Å²) in [7, 11) is 0. The highest BCUT2D eigenvalue weighted by molar-refractivity contribution is 9.10. The normalized spacial score (nSPS) is 21.6. The molecule has 0 bridgehead atoms. The molecule has 1 atom stereocenters. The third-order valence-electron chi connectivity index (χ3n) is 2.57. The van der Waals surface area contributed by atoms with Crippen LogP contribution in [0.3, 0.4) is 0 Å². The average Bonchev–Trinajstić information content (AvgIpc) is 2.67. The van der Waals surface area contributed by atoms with Gasteiger partial charge in [-0.15, -0.1) is 0 Å². The van der Waals surface area contributed by atoms with Gasteiger partial charge in [0.05, 0.1) is 10.2 Å². The van der Waals surface area contributed by atoms with Crippen LogP contribution < -0.4 is 4.90 Å². The van der Waals surface area contributed by atoms with Gasteiger partial charge in [0.2, 0.25) is 0 Å². The molecule has 0 amide bonds. The van der Waals surface area contributed by atoms with E-state index in [2.05, 4.69) is 38.1 Å². The van der Waals surface area contributed by atoms with Crippen LogP contribution in [-0.4, -0.2) is 29.6 Å². The van der Waals surface area contributed by atoms with Crippen molar-refractivity contribution < 1.29 is 0 Å².